The van der Waals surface area contributed by atoms with E-state index < -0.39 is 0 Å². The van der Waals surface area contributed by atoms with Crippen LogP contribution in [0.1, 0.15) is 17.3 Å². The topological polar surface area (TPSA) is 23.6 Å². The summed E-state index contributed by atoms with van der Waals surface area (Å²) in [6.45, 7) is 4.49. The van der Waals surface area contributed by atoms with E-state index in [1.54, 1.807) is 12.1 Å². The fraction of sp³-hybridized carbons (Fsp3) is 0.533. The highest BCUT2D eigenvalue weighted by atomic mass is 19.1. The molecule has 1 aromatic rings. The van der Waals surface area contributed by atoms with E-state index in [0.29, 0.717) is 24.1 Å². The Bertz CT molecular complexity index is 444. The predicted molar refractivity (Wildman–Crippen MR) is 73.8 cm³/mol. The highest BCUT2D eigenvalue weighted by molar-refractivity contribution is 5.97. The van der Waals surface area contributed by atoms with Crippen LogP contribution in [-0.4, -0.2) is 55.4 Å². The van der Waals surface area contributed by atoms with Crippen molar-refractivity contribution in [1.82, 2.24) is 9.80 Å². The van der Waals surface area contributed by atoms with E-state index in [4.69, 9.17) is 0 Å². The van der Waals surface area contributed by atoms with Gasteiger partial charge >= 0.3 is 0 Å². The van der Waals surface area contributed by atoms with E-state index in [9.17, 15) is 9.18 Å². The molecular formula is C15H21FN2O. The number of hydrogen-bond acceptors (Lipinski definition) is 3. The van der Waals surface area contributed by atoms with Gasteiger partial charge in [-0.3, -0.25) is 9.69 Å². The van der Waals surface area contributed by atoms with Gasteiger partial charge in [0.05, 0.1) is 6.54 Å². The van der Waals surface area contributed by atoms with Crippen LogP contribution in [0.4, 0.5) is 4.39 Å². The molecule has 2 unspecified atom stereocenters. The summed E-state index contributed by atoms with van der Waals surface area (Å²) in [4.78, 5) is 16.5. The molecule has 1 aromatic carbocycles. The summed E-state index contributed by atoms with van der Waals surface area (Å²) in [6, 6.07) is 6.28. The zero-order valence-electron chi connectivity index (χ0n) is 11.8. The van der Waals surface area contributed by atoms with Crippen LogP contribution in [0.3, 0.4) is 0 Å². The quantitative estimate of drug-likeness (QED) is 0.776. The van der Waals surface area contributed by atoms with Crippen LogP contribution in [0.2, 0.25) is 0 Å². The summed E-state index contributed by atoms with van der Waals surface area (Å²) in [7, 11) is 4.15. The largest absolute Gasteiger partial charge is 0.305 e. The molecule has 0 spiro atoms. The zero-order chi connectivity index (χ0) is 14.0. The first-order valence-corrected chi connectivity index (χ1v) is 6.65. The molecule has 4 heteroatoms. The number of rotatable bonds is 4. The smallest absolute Gasteiger partial charge is 0.176 e. The molecule has 104 valence electrons. The molecule has 0 N–H and O–H groups in total. The van der Waals surface area contributed by atoms with E-state index in [2.05, 4.69) is 30.8 Å². The highest BCUT2D eigenvalue weighted by Crippen LogP contribution is 2.20. The standard InChI is InChI=1S/C15H21FN2O/c1-11-8-18(9-14(11)17(2)3)10-15(19)12-4-6-13(16)7-5-12/h4-7,11,14H,8-10H2,1-3H3. The monoisotopic (exact) mass is 264 g/mol. The molecule has 1 heterocycles. The number of benzene rings is 1. The molecule has 3 nitrogen and oxygen atoms in total. The Morgan fingerprint density at radius 1 is 1.32 bits per heavy atom. The third-order valence-electron chi connectivity index (χ3n) is 3.84. The summed E-state index contributed by atoms with van der Waals surface area (Å²) in [6.07, 6.45) is 0. The predicted octanol–water partition coefficient (Wildman–Crippen LogP) is 1.89. The van der Waals surface area contributed by atoms with Crippen molar-refractivity contribution in [2.24, 2.45) is 5.92 Å². The zero-order valence-corrected chi connectivity index (χ0v) is 11.8. The van der Waals surface area contributed by atoms with Crippen LogP contribution in [0, 0.1) is 11.7 Å². The second-order valence-corrected chi connectivity index (χ2v) is 5.63. The first-order chi connectivity index (χ1) is 8.97. The van der Waals surface area contributed by atoms with Gasteiger partial charge < -0.3 is 4.90 Å². The van der Waals surface area contributed by atoms with Crippen LogP contribution in [-0.2, 0) is 0 Å². The number of likely N-dealkylation sites (tertiary alicyclic amines) is 1. The maximum absolute atomic E-state index is 12.8. The third-order valence-corrected chi connectivity index (χ3v) is 3.84. The molecule has 19 heavy (non-hydrogen) atoms. The Morgan fingerprint density at radius 3 is 2.47 bits per heavy atom. The summed E-state index contributed by atoms with van der Waals surface area (Å²) in [5.74, 6) is 0.321. The molecule has 0 radical (unpaired) electrons. The lowest BCUT2D eigenvalue weighted by Gasteiger charge is -2.22. The highest BCUT2D eigenvalue weighted by Gasteiger charge is 2.31. The van der Waals surface area contributed by atoms with Crippen molar-refractivity contribution < 1.29 is 9.18 Å². The van der Waals surface area contributed by atoms with Gasteiger partial charge in [-0.25, -0.2) is 4.39 Å². The van der Waals surface area contributed by atoms with Crippen molar-refractivity contribution in [3.05, 3.63) is 35.6 Å². The SMILES string of the molecule is CC1CN(CC(=O)c2ccc(F)cc2)CC1N(C)C. The number of Topliss-reactive ketones (excluding diaryl/α,β-unsaturated/α-hetero) is 1. The number of likely N-dealkylation sites (N-methyl/N-ethyl adjacent to an activating group) is 1. The van der Waals surface area contributed by atoms with Gasteiger partial charge in [-0.05, 0) is 44.3 Å². The number of nitrogens with zero attached hydrogens (tertiary/aromatic N) is 2. The first-order valence-electron chi connectivity index (χ1n) is 6.65. The Hall–Kier alpha value is -1.26. The average Bonchev–Trinajstić information content (AvgIpc) is 2.71. The van der Waals surface area contributed by atoms with Crippen LogP contribution < -0.4 is 0 Å². The number of hydrogen-bond donors (Lipinski definition) is 0. The number of carbonyl (C=O) groups is 1. The lowest BCUT2D eigenvalue weighted by molar-refractivity contribution is 0.0941. The molecule has 0 amide bonds. The van der Waals surface area contributed by atoms with Gasteiger partial charge in [0.1, 0.15) is 5.82 Å². The molecule has 2 atom stereocenters. The summed E-state index contributed by atoms with van der Waals surface area (Å²) in [5.41, 5.74) is 0.586. The van der Waals surface area contributed by atoms with Gasteiger partial charge in [0.15, 0.2) is 5.78 Å². The molecule has 1 saturated heterocycles. The van der Waals surface area contributed by atoms with E-state index in [1.165, 1.54) is 12.1 Å². The van der Waals surface area contributed by atoms with Crippen LogP contribution in [0.25, 0.3) is 0 Å². The molecule has 1 aliphatic rings. The number of ketones is 1. The fourth-order valence-electron chi connectivity index (χ4n) is 2.78. The Balaban J connectivity index is 1.95. The van der Waals surface area contributed by atoms with E-state index in [1.807, 2.05) is 0 Å². The lowest BCUT2D eigenvalue weighted by Crippen LogP contribution is -2.35. The molecular weight excluding hydrogens is 243 g/mol. The van der Waals surface area contributed by atoms with Gasteiger partial charge in [-0.2, -0.15) is 0 Å². The van der Waals surface area contributed by atoms with Gasteiger partial charge in [-0.1, -0.05) is 6.92 Å². The molecule has 0 aromatic heterocycles. The minimum absolute atomic E-state index is 0.0617. The maximum atomic E-state index is 12.8. The number of halogens is 1. The minimum Gasteiger partial charge on any atom is -0.305 e. The minimum atomic E-state index is -0.306. The van der Waals surface area contributed by atoms with E-state index in [-0.39, 0.29) is 11.6 Å². The van der Waals surface area contributed by atoms with Crippen molar-refractivity contribution in [3.63, 3.8) is 0 Å². The van der Waals surface area contributed by atoms with E-state index >= 15 is 0 Å². The fourth-order valence-corrected chi connectivity index (χ4v) is 2.78. The first kappa shape index (κ1) is 14.2. The van der Waals surface area contributed by atoms with Crippen molar-refractivity contribution in [3.8, 4) is 0 Å². The Morgan fingerprint density at radius 2 is 1.95 bits per heavy atom. The summed E-state index contributed by atoms with van der Waals surface area (Å²) < 4.78 is 12.8. The van der Waals surface area contributed by atoms with Crippen LogP contribution >= 0.6 is 0 Å². The average molecular weight is 264 g/mol. The summed E-state index contributed by atoms with van der Waals surface area (Å²) in [5, 5.41) is 0. The van der Waals surface area contributed by atoms with Gasteiger partial charge in [0, 0.05) is 24.7 Å². The maximum Gasteiger partial charge on any atom is 0.176 e. The van der Waals surface area contributed by atoms with Gasteiger partial charge in [-0.15, -0.1) is 0 Å². The third kappa shape index (κ3) is 3.39. The molecule has 1 aliphatic heterocycles. The molecule has 0 bridgehead atoms. The van der Waals surface area contributed by atoms with Gasteiger partial charge in [0.2, 0.25) is 0 Å². The summed E-state index contributed by atoms with van der Waals surface area (Å²) >= 11 is 0. The Labute approximate surface area is 114 Å². The van der Waals surface area contributed by atoms with Crippen molar-refractivity contribution in [1.29, 1.82) is 0 Å². The number of carbonyl (C=O) groups excluding carboxylic acids is 1. The van der Waals surface area contributed by atoms with Crippen LogP contribution in [0.15, 0.2) is 24.3 Å². The lowest BCUT2D eigenvalue weighted by atomic mass is 10.1. The van der Waals surface area contributed by atoms with Crippen LogP contribution in [0.5, 0.6) is 0 Å². The molecule has 0 aliphatic carbocycles. The van der Waals surface area contributed by atoms with Crippen molar-refractivity contribution in [2.45, 2.75) is 13.0 Å². The van der Waals surface area contributed by atoms with Crippen molar-refractivity contribution >= 4 is 5.78 Å². The molecule has 2 rings (SSSR count). The van der Waals surface area contributed by atoms with E-state index in [0.717, 1.165) is 13.1 Å². The van der Waals surface area contributed by atoms with Gasteiger partial charge in [0.25, 0.3) is 0 Å². The molecule has 1 fully saturated rings. The molecule has 0 saturated carbocycles. The Kier molecular flexibility index (Phi) is 4.32. The second kappa shape index (κ2) is 5.80. The second-order valence-electron chi connectivity index (χ2n) is 5.63. The normalized spacial score (nSPS) is 24.1. The van der Waals surface area contributed by atoms with Crippen molar-refractivity contribution in [2.75, 3.05) is 33.7 Å².